The van der Waals surface area contributed by atoms with E-state index in [1.54, 1.807) is 36.4 Å². The summed E-state index contributed by atoms with van der Waals surface area (Å²) in [6, 6.07) is 7.07. The van der Waals surface area contributed by atoms with Gasteiger partial charge in [0.1, 0.15) is 0 Å². The lowest BCUT2D eigenvalue weighted by molar-refractivity contribution is 1.18. The van der Waals surface area contributed by atoms with E-state index in [0.717, 1.165) is 5.69 Å². The molecule has 4 heteroatoms. The van der Waals surface area contributed by atoms with Gasteiger partial charge in [0.05, 0.1) is 11.4 Å². The highest BCUT2D eigenvalue weighted by Gasteiger charge is 1.89. The summed E-state index contributed by atoms with van der Waals surface area (Å²) in [5.41, 5.74) is 13.3. The maximum Gasteiger partial charge on any atom is 0.0858 e. The largest absolute Gasteiger partial charge is 0.399 e. The standard InChI is InChI=1S/C12H14N4/c1-9(13)3-4-10(2)15-16-12-7-5-11(14)6-8-12/h3-8H,1-2,13-14H2/b4-3-,16-15?. The fourth-order valence-electron chi connectivity index (χ4n) is 0.900. The van der Waals surface area contributed by atoms with E-state index in [1.165, 1.54) is 0 Å². The third-order valence-corrected chi connectivity index (χ3v) is 1.68. The minimum atomic E-state index is 0.448. The summed E-state index contributed by atoms with van der Waals surface area (Å²) in [4.78, 5) is 0. The predicted octanol–water partition coefficient (Wildman–Crippen LogP) is 2.89. The number of nitrogens with zero attached hydrogens (tertiary/aromatic N) is 2. The lowest BCUT2D eigenvalue weighted by Gasteiger charge is -1.93. The van der Waals surface area contributed by atoms with Crippen LogP contribution < -0.4 is 11.5 Å². The second-order valence-corrected chi connectivity index (χ2v) is 3.19. The smallest absolute Gasteiger partial charge is 0.0858 e. The van der Waals surface area contributed by atoms with Gasteiger partial charge in [-0.2, -0.15) is 10.2 Å². The molecule has 1 aromatic rings. The molecule has 0 atom stereocenters. The number of rotatable bonds is 4. The Bertz CT molecular complexity index is 441. The molecule has 0 aliphatic carbocycles. The van der Waals surface area contributed by atoms with Crippen molar-refractivity contribution >= 4 is 11.4 Å². The summed E-state index contributed by atoms with van der Waals surface area (Å²) in [7, 11) is 0. The average molecular weight is 214 g/mol. The van der Waals surface area contributed by atoms with Gasteiger partial charge in [-0.1, -0.05) is 13.2 Å². The molecule has 0 fully saturated rings. The van der Waals surface area contributed by atoms with Gasteiger partial charge in [0, 0.05) is 11.4 Å². The Morgan fingerprint density at radius 1 is 1.12 bits per heavy atom. The van der Waals surface area contributed by atoms with Crippen LogP contribution in [0.25, 0.3) is 0 Å². The molecule has 0 aromatic heterocycles. The molecule has 1 rings (SSSR count). The molecular formula is C12H14N4. The lowest BCUT2D eigenvalue weighted by atomic mass is 10.3. The van der Waals surface area contributed by atoms with Gasteiger partial charge in [-0.25, -0.2) is 0 Å². The third-order valence-electron chi connectivity index (χ3n) is 1.68. The summed E-state index contributed by atoms with van der Waals surface area (Å²) >= 11 is 0. The maximum atomic E-state index is 5.54. The number of azo groups is 1. The van der Waals surface area contributed by atoms with Crippen LogP contribution >= 0.6 is 0 Å². The predicted molar refractivity (Wildman–Crippen MR) is 67.0 cm³/mol. The number of allylic oxidation sites excluding steroid dienone is 2. The molecular weight excluding hydrogens is 200 g/mol. The Hall–Kier alpha value is -2.36. The molecule has 0 radical (unpaired) electrons. The van der Waals surface area contributed by atoms with Crippen LogP contribution in [0.5, 0.6) is 0 Å². The summed E-state index contributed by atoms with van der Waals surface area (Å²) in [5.74, 6) is 0. The van der Waals surface area contributed by atoms with Crippen LogP contribution in [0.2, 0.25) is 0 Å². The monoisotopic (exact) mass is 214 g/mol. The van der Waals surface area contributed by atoms with Gasteiger partial charge >= 0.3 is 0 Å². The number of benzene rings is 1. The normalized spacial score (nSPS) is 11.0. The zero-order chi connectivity index (χ0) is 12.0. The number of nitrogens with two attached hydrogens (primary N) is 2. The van der Waals surface area contributed by atoms with Crippen molar-refractivity contribution in [2.45, 2.75) is 0 Å². The molecule has 0 bridgehead atoms. The van der Waals surface area contributed by atoms with Crippen molar-refractivity contribution in [1.82, 2.24) is 0 Å². The fourth-order valence-corrected chi connectivity index (χ4v) is 0.900. The van der Waals surface area contributed by atoms with Gasteiger partial charge in [0.15, 0.2) is 0 Å². The maximum absolute atomic E-state index is 5.54. The lowest BCUT2D eigenvalue weighted by Crippen LogP contribution is -1.88. The van der Waals surface area contributed by atoms with Crippen LogP contribution in [-0.4, -0.2) is 0 Å². The Balaban J connectivity index is 2.63. The van der Waals surface area contributed by atoms with Crippen LogP contribution in [0.1, 0.15) is 0 Å². The van der Waals surface area contributed by atoms with E-state index >= 15 is 0 Å². The zero-order valence-corrected chi connectivity index (χ0v) is 8.93. The average Bonchev–Trinajstić information content (AvgIpc) is 2.25. The van der Waals surface area contributed by atoms with E-state index in [2.05, 4.69) is 23.4 Å². The van der Waals surface area contributed by atoms with Crippen LogP contribution in [0.3, 0.4) is 0 Å². The number of hydrogen-bond donors (Lipinski definition) is 2. The fraction of sp³-hybridized carbons (Fsp3) is 0. The third kappa shape index (κ3) is 4.23. The molecule has 0 spiro atoms. The van der Waals surface area contributed by atoms with Gasteiger partial charge in [0.2, 0.25) is 0 Å². The first kappa shape index (κ1) is 11.7. The van der Waals surface area contributed by atoms with Gasteiger partial charge in [-0.3, -0.25) is 0 Å². The van der Waals surface area contributed by atoms with Crippen LogP contribution in [0.4, 0.5) is 11.4 Å². The van der Waals surface area contributed by atoms with Gasteiger partial charge in [0.25, 0.3) is 0 Å². The van der Waals surface area contributed by atoms with Crippen molar-refractivity contribution in [3.63, 3.8) is 0 Å². The summed E-state index contributed by atoms with van der Waals surface area (Å²) in [5, 5.41) is 7.88. The Morgan fingerprint density at radius 2 is 1.75 bits per heavy atom. The van der Waals surface area contributed by atoms with E-state index in [-0.39, 0.29) is 0 Å². The second kappa shape index (κ2) is 5.50. The van der Waals surface area contributed by atoms with Crippen molar-refractivity contribution in [1.29, 1.82) is 0 Å². The number of hydrogen-bond acceptors (Lipinski definition) is 4. The minimum Gasteiger partial charge on any atom is -0.399 e. The van der Waals surface area contributed by atoms with Crippen LogP contribution in [0.15, 0.2) is 71.2 Å². The highest BCUT2D eigenvalue weighted by atomic mass is 15.1. The number of anilines is 1. The van der Waals surface area contributed by atoms with Crippen molar-refractivity contribution in [3.05, 3.63) is 61.0 Å². The first-order valence-corrected chi connectivity index (χ1v) is 4.66. The Morgan fingerprint density at radius 3 is 2.31 bits per heavy atom. The highest BCUT2D eigenvalue weighted by Crippen LogP contribution is 2.15. The van der Waals surface area contributed by atoms with E-state index in [0.29, 0.717) is 17.1 Å². The molecule has 4 nitrogen and oxygen atoms in total. The van der Waals surface area contributed by atoms with Gasteiger partial charge in [-0.05, 0) is 36.4 Å². The van der Waals surface area contributed by atoms with E-state index < -0.39 is 0 Å². The van der Waals surface area contributed by atoms with Crippen molar-refractivity contribution in [2.75, 3.05) is 5.73 Å². The van der Waals surface area contributed by atoms with Crippen molar-refractivity contribution < 1.29 is 0 Å². The molecule has 0 unspecified atom stereocenters. The van der Waals surface area contributed by atoms with Crippen LogP contribution in [0, 0.1) is 0 Å². The first-order chi connectivity index (χ1) is 7.58. The van der Waals surface area contributed by atoms with E-state index in [4.69, 9.17) is 11.5 Å². The molecule has 0 aliphatic heterocycles. The molecule has 82 valence electrons. The highest BCUT2D eigenvalue weighted by molar-refractivity contribution is 5.47. The van der Waals surface area contributed by atoms with E-state index in [1.807, 2.05) is 0 Å². The molecule has 0 amide bonds. The molecule has 16 heavy (non-hydrogen) atoms. The summed E-state index contributed by atoms with van der Waals surface area (Å²) < 4.78 is 0. The molecule has 0 heterocycles. The van der Waals surface area contributed by atoms with Gasteiger partial charge < -0.3 is 11.5 Å². The molecule has 4 N–H and O–H groups in total. The Kier molecular flexibility index (Phi) is 4.03. The van der Waals surface area contributed by atoms with Gasteiger partial charge in [-0.15, -0.1) is 0 Å². The summed E-state index contributed by atoms with van der Waals surface area (Å²) in [6.45, 7) is 7.21. The van der Waals surface area contributed by atoms with Crippen LogP contribution in [-0.2, 0) is 0 Å². The molecule has 0 saturated carbocycles. The minimum absolute atomic E-state index is 0.448. The topological polar surface area (TPSA) is 76.8 Å². The first-order valence-electron chi connectivity index (χ1n) is 4.66. The second-order valence-electron chi connectivity index (χ2n) is 3.19. The summed E-state index contributed by atoms with van der Waals surface area (Å²) in [6.07, 6.45) is 3.26. The van der Waals surface area contributed by atoms with Crippen molar-refractivity contribution in [3.8, 4) is 0 Å². The van der Waals surface area contributed by atoms with E-state index in [9.17, 15) is 0 Å². The Labute approximate surface area is 94.7 Å². The van der Waals surface area contributed by atoms with Crippen molar-refractivity contribution in [2.24, 2.45) is 16.0 Å². The molecule has 1 aromatic carbocycles. The zero-order valence-electron chi connectivity index (χ0n) is 8.93. The molecule has 0 saturated heterocycles. The SMILES string of the molecule is C=C(N)/C=C\C(=C)N=Nc1ccc(N)cc1. The molecule has 0 aliphatic rings. The number of nitrogen functional groups attached to an aromatic ring is 1. The quantitative estimate of drug-likeness (QED) is 0.459.